The summed E-state index contributed by atoms with van der Waals surface area (Å²) in [6.45, 7) is 0.490. The average Bonchev–Trinajstić information content (AvgIpc) is 2.87. The number of Topliss-reactive ketones (excluding diaryl/α,β-unsaturated/α-hetero) is 1. The van der Waals surface area contributed by atoms with E-state index in [0.29, 0.717) is 17.7 Å². The maximum atomic E-state index is 13.1. The van der Waals surface area contributed by atoms with Crippen LogP contribution in [0.15, 0.2) is 12.1 Å². The minimum Gasteiger partial charge on any atom is -0.493 e. The van der Waals surface area contributed by atoms with Gasteiger partial charge in [0.1, 0.15) is 0 Å². The molecule has 1 saturated heterocycles. The summed E-state index contributed by atoms with van der Waals surface area (Å²) in [5, 5.41) is 11.9. The van der Waals surface area contributed by atoms with Gasteiger partial charge in [-0.05, 0) is 44.5 Å². The number of aliphatic hydroxyl groups is 1. The van der Waals surface area contributed by atoms with Crippen LogP contribution in [0, 0.1) is 0 Å². The van der Waals surface area contributed by atoms with Crippen molar-refractivity contribution in [2.24, 2.45) is 0 Å². The molecule has 1 aromatic carbocycles. The lowest BCUT2D eigenvalue weighted by Gasteiger charge is -2.62. The SMILES string of the molecule is [2H]c1c([2H])c(OC)c2c3c1C[C@H]1N(C)CC[C@@]34C([2H])(O2)C(=O)C([2H])([2H])C[C@@]14O. The third-order valence-electron chi connectivity index (χ3n) is 6.07. The van der Waals surface area contributed by atoms with Crippen LogP contribution in [0.25, 0.3) is 0 Å². The van der Waals surface area contributed by atoms with Crippen LogP contribution in [0.5, 0.6) is 11.5 Å². The number of hydrogen-bond acceptors (Lipinski definition) is 5. The van der Waals surface area contributed by atoms with E-state index in [1.807, 2.05) is 11.9 Å². The van der Waals surface area contributed by atoms with E-state index >= 15 is 0 Å². The van der Waals surface area contributed by atoms with Crippen molar-refractivity contribution in [3.63, 3.8) is 0 Å². The second-order valence-corrected chi connectivity index (χ2v) is 6.86. The zero-order valence-corrected chi connectivity index (χ0v) is 13.0. The lowest BCUT2D eigenvalue weighted by Crippen LogP contribution is -2.76. The first kappa shape index (κ1) is 9.64. The number of carbonyl (C=O) groups excluding carboxylic acids is 1. The Bertz CT molecular complexity index is 955. The van der Waals surface area contributed by atoms with Gasteiger partial charge in [-0.3, -0.25) is 4.79 Å². The molecule has 122 valence electrons. The topological polar surface area (TPSA) is 59.0 Å². The number of hydrogen-bond donors (Lipinski definition) is 1. The number of ether oxygens (including phenoxy) is 2. The lowest BCUT2D eigenvalue weighted by atomic mass is 9.49. The van der Waals surface area contributed by atoms with Crippen molar-refractivity contribution in [1.29, 1.82) is 0 Å². The third-order valence-corrected chi connectivity index (χ3v) is 6.07. The van der Waals surface area contributed by atoms with Crippen molar-refractivity contribution in [3.8, 4) is 11.5 Å². The van der Waals surface area contributed by atoms with Gasteiger partial charge < -0.3 is 19.5 Å². The molecule has 0 amide bonds. The minimum absolute atomic E-state index is 0.0287. The molecule has 2 bridgehead atoms. The monoisotopic (exact) mass is 320 g/mol. The second kappa shape index (κ2) is 4.08. The highest BCUT2D eigenvalue weighted by atomic mass is 16.5. The maximum Gasteiger partial charge on any atom is 0.174 e. The van der Waals surface area contributed by atoms with Gasteiger partial charge in [0, 0.05) is 20.7 Å². The third kappa shape index (κ3) is 1.32. The molecule has 4 aliphatic rings. The standard InChI is InChI=1S/C18H21NO4/c1-19-8-7-17-14-10-3-4-12(22-2)15(14)23-16(17)11(20)5-6-18(17,21)13(19)9-10/h3-4,13,16,21H,5-9H2,1-2H3/t13-,16?,17+,18-/m1/s1/i3D,4D,5D2,16D. The summed E-state index contributed by atoms with van der Waals surface area (Å²) in [4.78, 5) is 15.0. The van der Waals surface area contributed by atoms with E-state index in [0.717, 1.165) is 0 Å². The first-order valence-corrected chi connectivity index (χ1v) is 7.83. The highest BCUT2D eigenvalue weighted by molar-refractivity contribution is 5.90. The Kier molecular flexibility index (Phi) is 1.71. The summed E-state index contributed by atoms with van der Waals surface area (Å²) in [6, 6.07) is -0.851. The molecule has 1 spiro atoms. The summed E-state index contributed by atoms with van der Waals surface area (Å²) in [5.41, 5.74) is -2.36. The highest BCUT2D eigenvalue weighted by Gasteiger charge is 2.72. The van der Waals surface area contributed by atoms with Crippen LogP contribution in [-0.2, 0) is 16.6 Å². The van der Waals surface area contributed by atoms with Crippen LogP contribution in [0.1, 0.15) is 37.2 Å². The largest absolute Gasteiger partial charge is 0.493 e. The predicted octanol–water partition coefficient (Wildman–Crippen LogP) is 1.05. The van der Waals surface area contributed by atoms with Crippen molar-refractivity contribution >= 4 is 5.78 Å². The number of likely N-dealkylation sites (N-methyl/N-ethyl adjacent to an activating group) is 1. The van der Waals surface area contributed by atoms with Gasteiger partial charge in [0.15, 0.2) is 23.4 Å². The number of rotatable bonds is 1. The molecule has 2 aliphatic heterocycles. The fraction of sp³-hybridized carbons (Fsp3) is 0.611. The molecule has 5 nitrogen and oxygen atoms in total. The Morgan fingerprint density at radius 1 is 1.57 bits per heavy atom. The Morgan fingerprint density at radius 2 is 2.39 bits per heavy atom. The molecule has 5 rings (SSSR count). The number of methoxy groups -OCH3 is 1. The zero-order chi connectivity index (χ0) is 20.4. The van der Waals surface area contributed by atoms with Gasteiger partial charge >= 0.3 is 0 Å². The molecular formula is C18H21NO4. The van der Waals surface area contributed by atoms with Gasteiger partial charge in [-0.1, -0.05) is 6.04 Å². The van der Waals surface area contributed by atoms with Gasteiger partial charge in [-0.2, -0.15) is 0 Å². The average molecular weight is 320 g/mol. The molecule has 1 unspecified atom stereocenters. The molecule has 1 saturated carbocycles. The Hall–Kier alpha value is -1.59. The molecule has 4 atom stereocenters. The molecular weight excluding hydrogens is 294 g/mol. The summed E-state index contributed by atoms with van der Waals surface area (Å²) < 4.78 is 53.5. The van der Waals surface area contributed by atoms with Gasteiger partial charge in [0.2, 0.25) is 0 Å². The van der Waals surface area contributed by atoms with Gasteiger partial charge in [-0.25, -0.2) is 0 Å². The molecule has 0 aromatic heterocycles. The Morgan fingerprint density at radius 3 is 3.17 bits per heavy atom. The lowest BCUT2D eigenvalue weighted by molar-refractivity contribution is -0.185. The Labute approximate surface area is 142 Å². The van der Waals surface area contributed by atoms with E-state index in [2.05, 4.69) is 0 Å². The zero-order valence-electron chi connectivity index (χ0n) is 18.0. The highest BCUT2D eigenvalue weighted by Crippen LogP contribution is 2.64. The van der Waals surface area contributed by atoms with Crippen LogP contribution in [0.4, 0.5) is 0 Å². The van der Waals surface area contributed by atoms with Crippen LogP contribution >= 0.6 is 0 Å². The Balaban J connectivity index is 1.95. The van der Waals surface area contributed by atoms with Crippen LogP contribution in [0.2, 0.25) is 0 Å². The van der Waals surface area contributed by atoms with E-state index in [1.165, 1.54) is 7.11 Å². The van der Waals surface area contributed by atoms with E-state index in [4.69, 9.17) is 16.3 Å². The predicted molar refractivity (Wildman–Crippen MR) is 83.0 cm³/mol. The first-order chi connectivity index (χ1) is 13.0. The van der Waals surface area contributed by atoms with Crippen molar-refractivity contribution in [2.75, 3.05) is 20.7 Å². The molecule has 23 heavy (non-hydrogen) atoms. The molecule has 1 N–H and O–H groups in total. The maximum absolute atomic E-state index is 13.1. The van der Waals surface area contributed by atoms with Crippen molar-refractivity contribution in [2.45, 2.75) is 48.8 Å². The van der Waals surface area contributed by atoms with Crippen molar-refractivity contribution in [1.82, 2.24) is 4.90 Å². The van der Waals surface area contributed by atoms with Crippen LogP contribution < -0.4 is 9.47 Å². The molecule has 2 fully saturated rings. The normalized spacial score (nSPS) is 49.1. The first-order valence-electron chi connectivity index (χ1n) is 10.3. The molecule has 0 radical (unpaired) electrons. The number of piperidine rings is 1. The summed E-state index contributed by atoms with van der Waals surface area (Å²) in [5.74, 6) is -1.05. The van der Waals surface area contributed by atoms with E-state index < -0.39 is 41.7 Å². The van der Waals surface area contributed by atoms with Crippen molar-refractivity contribution < 1.29 is 26.2 Å². The summed E-state index contributed by atoms with van der Waals surface area (Å²) in [6.07, 6.45) is -4.82. The molecule has 2 aliphatic carbocycles. The van der Waals surface area contributed by atoms with Crippen LogP contribution in [-0.4, -0.2) is 54.2 Å². The van der Waals surface area contributed by atoms with Gasteiger partial charge in [0.25, 0.3) is 0 Å². The molecule has 5 heteroatoms. The summed E-state index contributed by atoms with van der Waals surface area (Å²) >= 11 is 0. The van der Waals surface area contributed by atoms with E-state index in [-0.39, 0.29) is 36.4 Å². The fourth-order valence-corrected chi connectivity index (χ4v) is 4.99. The minimum atomic E-state index is -2.43. The van der Waals surface area contributed by atoms with Crippen molar-refractivity contribution in [3.05, 3.63) is 23.2 Å². The summed E-state index contributed by atoms with van der Waals surface area (Å²) in [7, 11) is 3.13. The number of nitrogens with zero attached hydrogens (tertiary/aromatic N) is 1. The smallest absolute Gasteiger partial charge is 0.174 e. The quantitative estimate of drug-likeness (QED) is 0.838. The van der Waals surface area contributed by atoms with Gasteiger partial charge in [-0.15, -0.1) is 0 Å². The fourth-order valence-electron chi connectivity index (χ4n) is 4.99. The van der Waals surface area contributed by atoms with Gasteiger partial charge in [0.05, 0.1) is 22.2 Å². The second-order valence-electron chi connectivity index (χ2n) is 6.86. The molecule has 2 heterocycles. The number of benzene rings is 1. The number of carbonyl (C=O) groups is 1. The van der Waals surface area contributed by atoms with E-state index in [9.17, 15) is 9.90 Å². The number of likely N-dealkylation sites (tertiary alicyclic amines) is 1. The number of ketones is 1. The molecule has 1 aromatic rings. The van der Waals surface area contributed by atoms with Crippen LogP contribution in [0.3, 0.4) is 0 Å². The van der Waals surface area contributed by atoms with E-state index in [1.54, 1.807) is 0 Å².